The molecule has 3 heteroatoms. The van der Waals surface area contributed by atoms with Crippen LogP contribution in [0.25, 0.3) is 0 Å². The molecule has 2 nitrogen and oxygen atoms in total. The van der Waals surface area contributed by atoms with E-state index in [1.807, 2.05) is 0 Å². The largest absolute Gasteiger partial charge is 0.394 e. The summed E-state index contributed by atoms with van der Waals surface area (Å²) in [4.78, 5) is 3.16. The van der Waals surface area contributed by atoms with Crippen LogP contribution in [0, 0.1) is 0 Å². The molecule has 64 valence electrons. The minimum absolute atomic E-state index is 0.250. The maximum absolute atomic E-state index is 8.98. The van der Waals surface area contributed by atoms with Crippen molar-refractivity contribution in [1.82, 2.24) is 4.90 Å². The summed E-state index contributed by atoms with van der Waals surface area (Å²) in [7, 11) is 0. The van der Waals surface area contributed by atoms with Crippen molar-refractivity contribution in [2.75, 3.05) is 13.2 Å². The summed E-state index contributed by atoms with van der Waals surface area (Å²) in [5, 5.41) is 8.98. The van der Waals surface area contributed by atoms with Crippen molar-refractivity contribution in [3.63, 3.8) is 0 Å². The Morgan fingerprint density at radius 2 is 2.45 bits per heavy atom. The third-order valence-electron chi connectivity index (χ3n) is 2.21. The Hall–Kier alpha value is -0.150. The number of likely N-dealkylation sites (tertiary alicyclic amines) is 1. The Bertz CT molecular complexity index is 149. The summed E-state index contributed by atoms with van der Waals surface area (Å²) in [5.41, 5.74) is 0. The molecule has 0 aromatic heterocycles. The maximum Gasteiger partial charge on any atom is 0.0779 e. The van der Waals surface area contributed by atoms with Gasteiger partial charge in [0, 0.05) is 6.54 Å². The van der Waals surface area contributed by atoms with Gasteiger partial charge in [0.05, 0.1) is 17.6 Å². The molecule has 0 aliphatic carbocycles. The van der Waals surface area contributed by atoms with Crippen LogP contribution in [0.3, 0.4) is 0 Å². The van der Waals surface area contributed by atoms with Crippen LogP contribution in [-0.4, -0.2) is 34.2 Å². The van der Waals surface area contributed by atoms with Gasteiger partial charge < -0.3 is 10.0 Å². The zero-order valence-electron chi connectivity index (χ0n) is 6.92. The van der Waals surface area contributed by atoms with E-state index in [4.69, 9.17) is 17.3 Å². The van der Waals surface area contributed by atoms with Crippen LogP contribution in [0.5, 0.6) is 0 Å². The van der Waals surface area contributed by atoms with E-state index in [0.717, 1.165) is 24.4 Å². The molecule has 0 spiro atoms. The lowest BCUT2D eigenvalue weighted by Crippen LogP contribution is -2.36. The van der Waals surface area contributed by atoms with Crippen molar-refractivity contribution < 1.29 is 5.11 Å². The number of rotatable bonds is 2. The second-order valence-electron chi connectivity index (χ2n) is 2.92. The van der Waals surface area contributed by atoms with Gasteiger partial charge in [-0.2, -0.15) is 0 Å². The number of hydrogen-bond acceptors (Lipinski definition) is 2. The summed E-state index contributed by atoms with van der Waals surface area (Å²) in [6.07, 6.45) is 3.19. The van der Waals surface area contributed by atoms with E-state index in [9.17, 15) is 0 Å². The fourth-order valence-corrected chi connectivity index (χ4v) is 1.80. The van der Waals surface area contributed by atoms with Crippen molar-refractivity contribution in [1.29, 1.82) is 0 Å². The van der Waals surface area contributed by atoms with Crippen molar-refractivity contribution in [3.8, 4) is 0 Å². The van der Waals surface area contributed by atoms with Crippen LogP contribution < -0.4 is 0 Å². The van der Waals surface area contributed by atoms with E-state index >= 15 is 0 Å². The van der Waals surface area contributed by atoms with Crippen molar-refractivity contribution in [3.05, 3.63) is 0 Å². The Morgan fingerprint density at radius 1 is 1.73 bits per heavy atom. The monoisotopic (exact) mass is 173 g/mol. The molecule has 1 rings (SSSR count). The highest BCUT2D eigenvalue weighted by atomic mass is 32.1. The summed E-state index contributed by atoms with van der Waals surface area (Å²) in [5.74, 6) is 0. The van der Waals surface area contributed by atoms with E-state index in [-0.39, 0.29) is 6.61 Å². The smallest absolute Gasteiger partial charge is 0.0779 e. The molecule has 1 fully saturated rings. The van der Waals surface area contributed by atoms with Crippen LogP contribution in [0.15, 0.2) is 0 Å². The topological polar surface area (TPSA) is 23.5 Å². The first kappa shape index (κ1) is 8.94. The molecule has 0 aromatic rings. The van der Waals surface area contributed by atoms with Crippen LogP contribution in [0.1, 0.15) is 26.2 Å². The molecule has 0 amide bonds. The molecule has 1 heterocycles. The van der Waals surface area contributed by atoms with Gasteiger partial charge in [-0.1, -0.05) is 19.1 Å². The van der Waals surface area contributed by atoms with Gasteiger partial charge in [0.15, 0.2) is 0 Å². The second kappa shape index (κ2) is 4.02. The highest BCUT2D eigenvalue weighted by Crippen LogP contribution is 2.17. The van der Waals surface area contributed by atoms with Gasteiger partial charge in [0.2, 0.25) is 0 Å². The zero-order chi connectivity index (χ0) is 8.27. The Morgan fingerprint density at radius 3 is 3.00 bits per heavy atom. The number of aliphatic hydroxyl groups is 1. The van der Waals surface area contributed by atoms with E-state index in [2.05, 4.69) is 11.8 Å². The minimum atomic E-state index is 0.250. The third kappa shape index (κ3) is 1.91. The molecule has 1 aliphatic rings. The number of hydrogen-bond donors (Lipinski definition) is 1. The second-order valence-corrected chi connectivity index (χ2v) is 3.39. The molecule has 1 atom stereocenters. The zero-order valence-corrected chi connectivity index (χ0v) is 7.73. The molecule has 1 N–H and O–H groups in total. The Kier molecular flexibility index (Phi) is 3.27. The van der Waals surface area contributed by atoms with E-state index in [0.29, 0.717) is 6.04 Å². The molecule has 0 unspecified atom stereocenters. The molecule has 11 heavy (non-hydrogen) atoms. The standard InChI is InChI=1S/C8H15NOS/c1-2-8(11)9-5-3-4-7(9)6-10/h7,10H,2-6H2,1H3/t7-/m1/s1. The SMILES string of the molecule is CCC(=S)N1CCC[C@@H]1CO. The Balaban J connectivity index is 2.49. The number of aliphatic hydroxyl groups excluding tert-OH is 1. The van der Waals surface area contributed by atoms with Crippen molar-refractivity contribution >= 4 is 17.2 Å². The first-order valence-electron chi connectivity index (χ1n) is 4.20. The fraction of sp³-hybridized carbons (Fsp3) is 0.875. The van der Waals surface area contributed by atoms with E-state index < -0.39 is 0 Å². The Labute approximate surface area is 73.2 Å². The molecule has 0 bridgehead atoms. The first-order valence-corrected chi connectivity index (χ1v) is 4.60. The number of nitrogens with zero attached hydrogens (tertiary/aromatic N) is 1. The molecule has 0 aromatic carbocycles. The van der Waals surface area contributed by atoms with Gasteiger partial charge in [-0.3, -0.25) is 0 Å². The van der Waals surface area contributed by atoms with Gasteiger partial charge in [-0.15, -0.1) is 0 Å². The fourth-order valence-electron chi connectivity index (χ4n) is 1.56. The first-order chi connectivity index (χ1) is 5.29. The van der Waals surface area contributed by atoms with E-state index in [1.54, 1.807) is 0 Å². The molecular weight excluding hydrogens is 158 g/mol. The molecule has 0 saturated carbocycles. The minimum Gasteiger partial charge on any atom is -0.394 e. The highest BCUT2D eigenvalue weighted by Gasteiger charge is 2.24. The van der Waals surface area contributed by atoms with Crippen LogP contribution in [0.4, 0.5) is 0 Å². The van der Waals surface area contributed by atoms with Gasteiger partial charge in [0.25, 0.3) is 0 Å². The third-order valence-corrected chi connectivity index (χ3v) is 2.73. The predicted molar refractivity (Wildman–Crippen MR) is 49.7 cm³/mol. The predicted octanol–water partition coefficient (Wildman–Crippen LogP) is 1.18. The molecule has 0 radical (unpaired) electrons. The van der Waals surface area contributed by atoms with Gasteiger partial charge >= 0.3 is 0 Å². The molecular formula is C8H15NOS. The maximum atomic E-state index is 8.98. The lowest BCUT2D eigenvalue weighted by atomic mass is 10.2. The van der Waals surface area contributed by atoms with E-state index in [1.165, 1.54) is 6.42 Å². The molecule has 1 saturated heterocycles. The molecule has 1 aliphatic heterocycles. The highest BCUT2D eigenvalue weighted by molar-refractivity contribution is 7.80. The van der Waals surface area contributed by atoms with Gasteiger partial charge in [-0.25, -0.2) is 0 Å². The summed E-state index contributed by atoms with van der Waals surface area (Å²) >= 11 is 5.17. The van der Waals surface area contributed by atoms with Crippen LogP contribution in [-0.2, 0) is 0 Å². The summed E-state index contributed by atoms with van der Waals surface area (Å²) in [6.45, 7) is 3.35. The van der Waals surface area contributed by atoms with Crippen molar-refractivity contribution in [2.45, 2.75) is 32.2 Å². The average Bonchev–Trinajstić information content (AvgIpc) is 2.50. The lowest BCUT2D eigenvalue weighted by Gasteiger charge is -2.24. The summed E-state index contributed by atoms with van der Waals surface area (Å²) < 4.78 is 0. The van der Waals surface area contributed by atoms with Gasteiger partial charge in [0.1, 0.15) is 0 Å². The van der Waals surface area contributed by atoms with Crippen LogP contribution in [0.2, 0.25) is 0 Å². The summed E-state index contributed by atoms with van der Waals surface area (Å²) in [6, 6.07) is 0.308. The number of thiocarbonyl (C=S) groups is 1. The normalized spacial score (nSPS) is 24.2. The average molecular weight is 173 g/mol. The quantitative estimate of drug-likeness (QED) is 0.634. The van der Waals surface area contributed by atoms with Gasteiger partial charge in [-0.05, 0) is 19.3 Å². The van der Waals surface area contributed by atoms with Crippen molar-refractivity contribution in [2.24, 2.45) is 0 Å². The lowest BCUT2D eigenvalue weighted by molar-refractivity contribution is 0.209. The van der Waals surface area contributed by atoms with Crippen LogP contribution >= 0.6 is 12.2 Å².